The molecule has 0 radical (unpaired) electrons. The highest BCUT2D eigenvalue weighted by molar-refractivity contribution is 5.33. The minimum atomic E-state index is -0.807. The standard InChI is InChI=1S/C33H50F2O/c1-3-4-23-36-31-22-21-30(32(34)33(31)35)29-19-13-26(14-20-29)8-6-5-7-25-11-17-28(18-12-25)27-15-9-24(2)10-16-27/h5,7,21-22,24-29H,3-4,6,8-20,23H2,1-2H3/b7-5+. The monoisotopic (exact) mass is 500 g/mol. The zero-order valence-corrected chi connectivity index (χ0v) is 23.0. The van der Waals surface area contributed by atoms with E-state index in [-0.39, 0.29) is 11.7 Å². The number of halogens is 2. The molecular formula is C33H50F2O. The number of ether oxygens (including phenoxy) is 1. The molecule has 1 nitrogen and oxygen atoms in total. The molecule has 0 bridgehead atoms. The first-order valence-electron chi connectivity index (χ1n) is 15.3. The summed E-state index contributed by atoms with van der Waals surface area (Å²) in [6.07, 6.45) is 24.9. The van der Waals surface area contributed by atoms with Crippen molar-refractivity contribution in [1.29, 1.82) is 0 Å². The van der Waals surface area contributed by atoms with Crippen molar-refractivity contribution in [2.24, 2.45) is 29.6 Å². The smallest absolute Gasteiger partial charge is 0.200 e. The molecule has 202 valence electrons. The summed E-state index contributed by atoms with van der Waals surface area (Å²) in [6.45, 7) is 4.92. The summed E-state index contributed by atoms with van der Waals surface area (Å²) in [4.78, 5) is 0. The summed E-state index contributed by atoms with van der Waals surface area (Å²) >= 11 is 0. The molecule has 3 aliphatic carbocycles. The first-order chi connectivity index (χ1) is 17.5. The Hall–Kier alpha value is -1.38. The van der Waals surface area contributed by atoms with Crippen LogP contribution in [-0.4, -0.2) is 6.61 Å². The maximum atomic E-state index is 14.8. The maximum absolute atomic E-state index is 14.8. The van der Waals surface area contributed by atoms with Gasteiger partial charge in [-0.2, -0.15) is 4.39 Å². The van der Waals surface area contributed by atoms with Crippen molar-refractivity contribution in [3.05, 3.63) is 41.5 Å². The average Bonchev–Trinajstić information content (AvgIpc) is 2.91. The number of rotatable bonds is 10. The van der Waals surface area contributed by atoms with Crippen LogP contribution in [-0.2, 0) is 0 Å². The van der Waals surface area contributed by atoms with Crippen LogP contribution in [0.2, 0.25) is 0 Å². The van der Waals surface area contributed by atoms with Gasteiger partial charge in [-0.05, 0) is 131 Å². The van der Waals surface area contributed by atoms with Gasteiger partial charge in [0.15, 0.2) is 11.6 Å². The largest absolute Gasteiger partial charge is 0.490 e. The molecule has 3 fully saturated rings. The van der Waals surface area contributed by atoms with Crippen LogP contribution >= 0.6 is 0 Å². The van der Waals surface area contributed by atoms with E-state index in [1.807, 2.05) is 0 Å². The van der Waals surface area contributed by atoms with E-state index in [0.29, 0.717) is 12.2 Å². The summed E-state index contributed by atoms with van der Waals surface area (Å²) in [7, 11) is 0. The summed E-state index contributed by atoms with van der Waals surface area (Å²) < 4.78 is 34.7. The molecule has 3 saturated carbocycles. The Labute approximate surface area is 219 Å². The fourth-order valence-electron chi connectivity index (χ4n) is 7.25. The lowest BCUT2D eigenvalue weighted by atomic mass is 9.69. The highest BCUT2D eigenvalue weighted by atomic mass is 19.2. The molecular weight excluding hydrogens is 450 g/mol. The Kier molecular flexibility index (Phi) is 10.7. The molecule has 0 unspecified atom stereocenters. The van der Waals surface area contributed by atoms with E-state index in [2.05, 4.69) is 26.0 Å². The Bertz CT molecular complexity index is 809. The van der Waals surface area contributed by atoms with Crippen LogP contribution in [0.4, 0.5) is 8.78 Å². The molecule has 3 heteroatoms. The molecule has 4 rings (SSSR count). The fourth-order valence-corrected chi connectivity index (χ4v) is 7.25. The molecule has 36 heavy (non-hydrogen) atoms. The molecule has 0 saturated heterocycles. The zero-order valence-electron chi connectivity index (χ0n) is 23.0. The van der Waals surface area contributed by atoms with Gasteiger partial charge in [0.1, 0.15) is 0 Å². The molecule has 0 N–H and O–H groups in total. The lowest BCUT2D eigenvalue weighted by Crippen LogP contribution is -2.24. The van der Waals surface area contributed by atoms with E-state index in [0.717, 1.165) is 68.1 Å². The van der Waals surface area contributed by atoms with Gasteiger partial charge in [-0.15, -0.1) is 0 Å². The second-order valence-electron chi connectivity index (χ2n) is 12.4. The van der Waals surface area contributed by atoms with Crippen molar-refractivity contribution < 1.29 is 13.5 Å². The third-order valence-corrected chi connectivity index (χ3v) is 9.81. The van der Waals surface area contributed by atoms with E-state index < -0.39 is 11.6 Å². The number of hydrogen-bond acceptors (Lipinski definition) is 1. The van der Waals surface area contributed by atoms with Crippen LogP contribution < -0.4 is 4.74 Å². The van der Waals surface area contributed by atoms with Gasteiger partial charge in [0, 0.05) is 0 Å². The van der Waals surface area contributed by atoms with Gasteiger partial charge < -0.3 is 4.74 Å². The van der Waals surface area contributed by atoms with Gasteiger partial charge in [0.2, 0.25) is 5.82 Å². The minimum absolute atomic E-state index is 0.0577. The molecule has 0 aliphatic heterocycles. The highest BCUT2D eigenvalue weighted by Gasteiger charge is 2.29. The van der Waals surface area contributed by atoms with Crippen LogP contribution in [0.1, 0.15) is 128 Å². The van der Waals surface area contributed by atoms with E-state index in [1.165, 1.54) is 64.2 Å². The lowest BCUT2D eigenvalue weighted by molar-refractivity contribution is 0.160. The Morgan fingerprint density at radius 3 is 2.17 bits per heavy atom. The summed E-state index contributed by atoms with van der Waals surface area (Å²) in [5.41, 5.74) is 0.548. The molecule has 3 aliphatic rings. The summed E-state index contributed by atoms with van der Waals surface area (Å²) in [5, 5.41) is 0. The van der Waals surface area contributed by atoms with E-state index >= 15 is 0 Å². The lowest BCUT2D eigenvalue weighted by Gasteiger charge is -2.36. The predicted molar refractivity (Wildman–Crippen MR) is 146 cm³/mol. The zero-order chi connectivity index (χ0) is 25.3. The first kappa shape index (κ1) is 27.6. The van der Waals surface area contributed by atoms with Crippen molar-refractivity contribution in [2.45, 2.75) is 122 Å². The highest BCUT2D eigenvalue weighted by Crippen LogP contribution is 2.42. The van der Waals surface area contributed by atoms with Crippen molar-refractivity contribution in [2.75, 3.05) is 6.61 Å². The number of unbranched alkanes of at least 4 members (excludes halogenated alkanes) is 1. The molecule has 1 aromatic rings. The second-order valence-corrected chi connectivity index (χ2v) is 12.4. The van der Waals surface area contributed by atoms with Crippen molar-refractivity contribution in [3.63, 3.8) is 0 Å². The normalized spacial score (nSPS) is 31.6. The third-order valence-electron chi connectivity index (χ3n) is 9.81. The van der Waals surface area contributed by atoms with Crippen molar-refractivity contribution in [3.8, 4) is 5.75 Å². The van der Waals surface area contributed by atoms with Gasteiger partial charge in [-0.25, -0.2) is 4.39 Å². The fraction of sp³-hybridized carbons (Fsp3) is 0.758. The van der Waals surface area contributed by atoms with Crippen LogP contribution in [0, 0.1) is 41.2 Å². The van der Waals surface area contributed by atoms with Crippen LogP contribution in [0.5, 0.6) is 5.75 Å². The summed E-state index contributed by atoms with van der Waals surface area (Å²) in [5.74, 6) is 3.19. The van der Waals surface area contributed by atoms with E-state index in [9.17, 15) is 8.78 Å². The van der Waals surface area contributed by atoms with Crippen LogP contribution in [0.15, 0.2) is 24.3 Å². The topological polar surface area (TPSA) is 9.23 Å². The van der Waals surface area contributed by atoms with Gasteiger partial charge in [0.25, 0.3) is 0 Å². The Morgan fingerprint density at radius 1 is 0.833 bits per heavy atom. The Balaban J connectivity index is 1.14. The maximum Gasteiger partial charge on any atom is 0.200 e. The predicted octanol–water partition coefficient (Wildman–Crippen LogP) is 10.4. The van der Waals surface area contributed by atoms with Crippen LogP contribution in [0.25, 0.3) is 0 Å². The molecule has 0 atom stereocenters. The number of allylic oxidation sites excluding steroid dienone is 2. The van der Waals surface area contributed by atoms with Gasteiger partial charge in [-0.1, -0.05) is 51.3 Å². The number of benzene rings is 1. The second kappa shape index (κ2) is 14.0. The Morgan fingerprint density at radius 2 is 1.50 bits per heavy atom. The van der Waals surface area contributed by atoms with Gasteiger partial charge in [0.05, 0.1) is 6.61 Å². The first-order valence-corrected chi connectivity index (χ1v) is 15.3. The third kappa shape index (κ3) is 7.57. The van der Waals surface area contributed by atoms with E-state index in [1.54, 1.807) is 12.1 Å². The van der Waals surface area contributed by atoms with E-state index in [4.69, 9.17) is 4.74 Å². The van der Waals surface area contributed by atoms with Gasteiger partial charge >= 0.3 is 0 Å². The van der Waals surface area contributed by atoms with Crippen molar-refractivity contribution in [1.82, 2.24) is 0 Å². The molecule has 0 amide bonds. The van der Waals surface area contributed by atoms with Crippen LogP contribution in [0.3, 0.4) is 0 Å². The number of hydrogen-bond donors (Lipinski definition) is 0. The quantitative estimate of drug-likeness (QED) is 0.229. The molecule has 0 aromatic heterocycles. The molecule has 0 heterocycles. The SMILES string of the molecule is CCCCOc1ccc(C2CCC(CC/C=C/C3CCC(C4CCC(C)CC4)CC3)CC2)c(F)c1F. The summed E-state index contributed by atoms with van der Waals surface area (Å²) in [6, 6.07) is 3.39. The molecule has 0 spiro atoms. The molecule has 1 aromatic carbocycles. The van der Waals surface area contributed by atoms with Gasteiger partial charge in [-0.3, -0.25) is 0 Å². The average molecular weight is 501 g/mol. The minimum Gasteiger partial charge on any atom is -0.490 e. The van der Waals surface area contributed by atoms with Crippen molar-refractivity contribution >= 4 is 0 Å².